The number of rotatable bonds is 4. The predicted octanol–water partition coefficient (Wildman–Crippen LogP) is 3.56. The number of amides is 1. The molecule has 0 fully saturated rings. The SMILES string of the molecule is COc1cccc(C(=O)Nc2ccc(I)cc2)c1OC. The fourth-order valence-corrected chi connectivity index (χ4v) is 2.16. The first-order valence-electron chi connectivity index (χ1n) is 5.93. The fraction of sp³-hybridized carbons (Fsp3) is 0.133. The van der Waals surface area contributed by atoms with Crippen molar-refractivity contribution < 1.29 is 14.3 Å². The molecule has 0 atom stereocenters. The molecule has 0 unspecified atom stereocenters. The summed E-state index contributed by atoms with van der Waals surface area (Å²) < 4.78 is 11.6. The van der Waals surface area contributed by atoms with Gasteiger partial charge in [-0.2, -0.15) is 0 Å². The maximum atomic E-state index is 12.3. The number of benzene rings is 2. The largest absolute Gasteiger partial charge is 0.493 e. The number of ether oxygens (including phenoxy) is 2. The Hall–Kier alpha value is -1.76. The van der Waals surface area contributed by atoms with Crippen LogP contribution in [0.5, 0.6) is 11.5 Å². The lowest BCUT2D eigenvalue weighted by molar-refractivity contribution is 0.102. The minimum absolute atomic E-state index is 0.234. The van der Waals surface area contributed by atoms with Gasteiger partial charge in [0.25, 0.3) is 5.91 Å². The molecule has 20 heavy (non-hydrogen) atoms. The molecule has 0 aromatic heterocycles. The first-order valence-corrected chi connectivity index (χ1v) is 7.01. The molecule has 1 amide bonds. The van der Waals surface area contributed by atoms with E-state index in [1.165, 1.54) is 7.11 Å². The number of carbonyl (C=O) groups is 1. The van der Waals surface area contributed by atoms with Crippen molar-refractivity contribution in [3.63, 3.8) is 0 Å². The number of halogens is 1. The highest BCUT2D eigenvalue weighted by atomic mass is 127. The summed E-state index contributed by atoms with van der Waals surface area (Å²) in [5, 5.41) is 2.83. The van der Waals surface area contributed by atoms with E-state index in [1.54, 1.807) is 25.3 Å². The first kappa shape index (κ1) is 14.6. The number of hydrogen-bond donors (Lipinski definition) is 1. The van der Waals surface area contributed by atoms with Crippen LogP contribution in [-0.4, -0.2) is 20.1 Å². The van der Waals surface area contributed by atoms with Crippen LogP contribution in [0.15, 0.2) is 42.5 Å². The van der Waals surface area contributed by atoms with Gasteiger partial charge in [0, 0.05) is 9.26 Å². The van der Waals surface area contributed by atoms with Gasteiger partial charge in [0.2, 0.25) is 0 Å². The topological polar surface area (TPSA) is 47.6 Å². The van der Waals surface area contributed by atoms with Crippen molar-refractivity contribution in [3.05, 3.63) is 51.6 Å². The number of nitrogens with one attached hydrogen (secondary N) is 1. The molecule has 0 heterocycles. The van der Waals surface area contributed by atoms with Crippen LogP contribution in [0.4, 0.5) is 5.69 Å². The van der Waals surface area contributed by atoms with Crippen LogP contribution in [0.25, 0.3) is 0 Å². The van der Waals surface area contributed by atoms with E-state index in [2.05, 4.69) is 27.9 Å². The Kier molecular flexibility index (Phi) is 4.84. The molecule has 1 N–H and O–H groups in total. The standard InChI is InChI=1S/C15H14INO3/c1-19-13-5-3-4-12(14(13)20-2)15(18)17-11-8-6-10(16)7-9-11/h3-9H,1-2H3,(H,17,18). The molecule has 0 saturated carbocycles. The second-order valence-corrected chi connectivity index (χ2v) is 5.25. The summed E-state index contributed by atoms with van der Waals surface area (Å²) in [7, 11) is 3.05. The van der Waals surface area contributed by atoms with Gasteiger partial charge in [0.15, 0.2) is 11.5 Å². The summed E-state index contributed by atoms with van der Waals surface area (Å²) in [4.78, 5) is 12.3. The van der Waals surface area contributed by atoms with Crippen molar-refractivity contribution in [1.29, 1.82) is 0 Å². The van der Waals surface area contributed by atoms with E-state index in [0.717, 1.165) is 9.26 Å². The van der Waals surface area contributed by atoms with Crippen molar-refractivity contribution in [2.75, 3.05) is 19.5 Å². The van der Waals surface area contributed by atoms with Gasteiger partial charge in [-0.15, -0.1) is 0 Å². The maximum Gasteiger partial charge on any atom is 0.259 e. The normalized spacial score (nSPS) is 9.95. The third-order valence-electron chi connectivity index (χ3n) is 2.75. The number of para-hydroxylation sites is 1. The van der Waals surface area contributed by atoms with Gasteiger partial charge in [-0.05, 0) is 59.0 Å². The van der Waals surface area contributed by atoms with Crippen molar-refractivity contribution in [3.8, 4) is 11.5 Å². The number of hydrogen-bond acceptors (Lipinski definition) is 3. The van der Waals surface area contributed by atoms with Crippen molar-refractivity contribution >= 4 is 34.2 Å². The third kappa shape index (κ3) is 3.22. The average molecular weight is 383 g/mol. The number of methoxy groups -OCH3 is 2. The molecular formula is C15H14INO3. The summed E-state index contributed by atoms with van der Waals surface area (Å²) in [5.74, 6) is 0.725. The lowest BCUT2D eigenvalue weighted by atomic mass is 10.1. The maximum absolute atomic E-state index is 12.3. The van der Waals surface area contributed by atoms with Crippen molar-refractivity contribution in [1.82, 2.24) is 0 Å². The van der Waals surface area contributed by atoms with E-state index in [9.17, 15) is 4.79 Å². The van der Waals surface area contributed by atoms with E-state index < -0.39 is 0 Å². The van der Waals surface area contributed by atoms with Crippen LogP contribution in [0.2, 0.25) is 0 Å². The Morgan fingerprint density at radius 1 is 1.05 bits per heavy atom. The van der Waals surface area contributed by atoms with Gasteiger partial charge in [-0.3, -0.25) is 4.79 Å². The first-order chi connectivity index (χ1) is 9.65. The van der Waals surface area contributed by atoms with Gasteiger partial charge in [0.05, 0.1) is 19.8 Å². The molecule has 0 aliphatic carbocycles. The second kappa shape index (κ2) is 6.60. The second-order valence-electron chi connectivity index (χ2n) is 4.00. The lowest BCUT2D eigenvalue weighted by Gasteiger charge is -2.12. The Balaban J connectivity index is 2.27. The molecule has 0 spiro atoms. The van der Waals surface area contributed by atoms with Crippen molar-refractivity contribution in [2.45, 2.75) is 0 Å². The molecule has 104 valence electrons. The average Bonchev–Trinajstić information content (AvgIpc) is 2.48. The molecular weight excluding hydrogens is 369 g/mol. The van der Waals surface area contributed by atoms with Crippen LogP contribution < -0.4 is 14.8 Å². The molecule has 5 heteroatoms. The van der Waals surface area contributed by atoms with Gasteiger partial charge >= 0.3 is 0 Å². The predicted molar refractivity (Wildman–Crippen MR) is 86.7 cm³/mol. The minimum Gasteiger partial charge on any atom is -0.493 e. The summed E-state index contributed by atoms with van der Waals surface area (Å²) in [6, 6.07) is 12.8. The van der Waals surface area contributed by atoms with E-state index >= 15 is 0 Å². The van der Waals surface area contributed by atoms with E-state index in [-0.39, 0.29) is 5.91 Å². The summed E-state index contributed by atoms with van der Waals surface area (Å²) in [5.41, 5.74) is 1.17. The van der Waals surface area contributed by atoms with Crippen LogP contribution in [0.1, 0.15) is 10.4 Å². The number of carbonyl (C=O) groups excluding carboxylic acids is 1. The van der Waals surface area contributed by atoms with Crippen LogP contribution in [0, 0.1) is 3.57 Å². The van der Waals surface area contributed by atoms with Gasteiger partial charge in [-0.25, -0.2) is 0 Å². The van der Waals surface area contributed by atoms with Crippen LogP contribution in [-0.2, 0) is 0 Å². The highest BCUT2D eigenvalue weighted by molar-refractivity contribution is 14.1. The molecule has 0 aliphatic rings. The number of anilines is 1. The molecule has 0 aliphatic heterocycles. The van der Waals surface area contributed by atoms with E-state index in [1.807, 2.05) is 24.3 Å². The van der Waals surface area contributed by atoms with Crippen LogP contribution in [0.3, 0.4) is 0 Å². The van der Waals surface area contributed by atoms with Crippen LogP contribution >= 0.6 is 22.6 Å². The lowest BCUT2D eigenvalue weighted by Crippen LogP contribution is -2.13. The smallest absolute Gasteiger partial charge is 0.259 e. The quantitative estimate of drug-likeness (QED) is 0.822. The monoisotopic (exact) mass is 383 g/mol. The minimum atomic E-state index is -0.234. The fourth-order valence-electron chi connectivity index (χ4n) is 1.80. The van der Waals surface area contributed by atoms with E-state index in [4.69, 9.17) is 9.47 Å². The highest BCUT2D eigenvalue weighted by Crippen LogP contribution is 2.31. The Bertz CT molecular complexity index is 611. The highest BCUT2D eigenvalue weighted by Gasteiger charge is 2.16. The third-order valence-corrected chi connectivity index (χ3v) is 3.47. The Labute approximate surface area is 131 Å². The molecule has 0 radical (unpaired) electrons. The molecule has 2 rings (SSSR count). The Morgan fingerprint density at radius 2 is 1.75 bits per heavy atom. The van der Waals surface area contributed by atoms with Gasteiger partial charge < -0.3 is 14.8 Å². The Morgan fingerprint density at radius 3 is 2.35 bits per heavy atom. The molecule has 2 aromatic rings. The van der Waals surface area contributed by atoms with E-state index in [0.29, 0.717) is 17.1 Å². The summed E-state index contributed by atoms with van der Waals surface area (Å²) in [6.07, 6.45) is 0. The molecule has 0 saturated heterocycles. The molecule has 2 aromatic carbocycles. The van der Waals surface area contributed by atoms with Crippen molar-refractivity contribution in [2.24, 2.45) is 0 Å². The van der Waals surface area contributed by atoms with Gasteiger partial charge in [-0.1, -0.05) is 6.07 Å². The summed E-state index contributed by atoms with van der Waals surface area (Å²) >= 11 is 2.21. The molecule has 4 nitrogen and oxygen atoms in total. The summed E-state index contributed by atoms with van der Waals surface area (Å²) in [6.45, 7) is 0. The van der Waals surface area contributed by atoms with Gasteiger partial charge in [0.1, 0.15) is 0 Å². The molecule has 0 bridgehead atoms. The zero-order chi connectivity index (χ0) is 14.5. The zero-order valence-electron chi connectivity index (χ0n) is 11.1. The zero-order valence-corrected chi connectivity index (χ0v) is 13.3.